The van der Waals surface area contributed by atoms with E-state index in [-0.39, 0.29) is 18.0 Å². The van der Waals surface area contributed by atoms with Crippen molar-refractivity contribution < 1.29 is 27.8 Å². The van der Waals surface area contributed by atoms with E-state index in [1.165, 1.54) is 13.2 Å². The van der Waals surface area contributed by atoms with Crippen molar-refractivity contribution in [2.45, 2.75) is 19.1 Å². The van der Waals surface area contributed by atoms with Crippen LogP contribution < -0.4 is 10.1 Å². The number of amides is 1. The number of nitrogens with one attached hydrogen (secondary N) is 1. The Morgan fingerprint density at radius 1 is 1.32 bits per heavy atom. The molecule has 1 aromatic carbocycles. The molecule has 0 radical (unpaired) electrons. The highest BCUT2D eigenvalue weighted by atomic mass is 19.4. The third kappa shape index (κ3) is 4.22. The van der Waals surface area contributed by atoms with Crippen LogP contribution >= 0.6 is 0 Å². The smallest absolute Gasteiger partial charge is 0.433 e. The van der Waals surface area contributed by atoms with Gasteiger partial charge in [-0.3, -0.25) is 9.48 Å². The highest BCUT2D eigenvalue weighted by Gasteiger charge is 2.33. The minimum atomic E-state index is -4.64. The van der Waals surface area contributed by atoms with Gasteiger partial charge in [0, 0.05) is 30.8 Å². The molecule has 0 fully saturated rings. The minimum absolute atomic E-state index is 0.0326. The standard InChI is InChI=1S/C18H17F3N4O3/c1-28-15-9-13-11(10-25(24-13)6-3-7-26)8-14(15)23-17(27)12-4-2-5-16(22-12)18(19,20)21/h2,4-5,8-10,26H,3,6-7H2,1H3,(H,23,27). The Labute approximate surface area is 157 Å². The number of fused-ring (bicyclic) bond motifs is 1. The Kier molecular flexibility index (Phi) is 5.50. The topological polar surface area (TPSA) is 89.3 Å². The third-order valence-corrected chi connectivity index (χ3v) is 3.94. The fourth-order valence-corrected chi connectivity index (χ4v) is 2.62. The second-order valence-corrected chi connectivity index (χ2v) is 5.94. The van der Waals surface area contributed by atoms with Gasteiger partial charge in [0.2, 0.25) is 0 Å². The zero-order valence-electron chi connectivity index (χ0n) is 14.8. The maximum atomic E-state index is 12.8. The van der Waals surface area contributed by atoms with Gasteiger partial charge in [-0.1, -0.05) is 6.07 Å². The third-order valence-electron chi connectivity index (χ3n) is 3.94. The predicted molar refractivity (Wildman–Crippen MR) is 95.2 cm³/mol. The molecule has 3 aromatic rings. The van der Waals surface area contributed by atoms with E-state index in [2.05, 4.69) is 15.4 Å². The number of pyridine rings is 1. The molecule has 2 heterocycles. The van der Waals surface area contributed by atoms with Crippen molar-refractivity contribution in [2.75, 3.05) is 19.0 Å². The summed E-state index contributed by atoms with van der Waals surface area (Å²) in [5.74, 6) is -0.489. The molecule has 0 aliphatic carbocycles. The van der Waals surface area contributed by atoms with Crippen molar-refractivity contribution in [3.63, 3.8) is 0 Å². The molecule has 7 nitrogen and oxygen atoms in total. The first-order valence-corrected chi connectivity index (χ1v) is 8.33. The van der Waals surface area contributed by atoms with Crippen LogP contribution in [0.15, 0.2) is 36.5 Å². The fourth-order valence-electron chi connectivity index (χ4n) is 2.62. The number of ether oxygens (including phenoxy) is 1. The van der Waals surface area contributed by atoms with Gasteiger partial charge in [-0.15, -0.1) is 0 Å². The van der Waals surface area contributed by atoms with Gasteiger partial charge < -0.3 is 15.2 Å². The van der Waals surface area contributed by atoms with Crippen molar-refractivity contribution >= 4 is 22.5 Å². The zero-order chi connectivity index (χ0) is 20.3. The van der Waals surface area contributed by atoms with Crippen LogP contribution in [0.3, 0.4) is 0 Å². The van der Waals surface area contributed by atoms with Gasteiger partial charge in [0.1, 0.15) is 17.1 Å². The number of carbonyl (C=O) groups is 1. The molecule has 2 N–H and O–H groups in total. The van der Waals surface area contributed by atoms with Crippen LogP contribution in [0.2, 0.25) is 0 Å². The first kappa shape index (κ1) is 19.6. The van der Waals surface area contributed by atoms with Crippen LogP contribution in [-0.4, -0.2) is 39.5 Å². The summed E-state index contributed by atoms with van der Waals surface area (Å²) in [5, 5.41) is 16.5. The van der Waals surface area contributed by atoms with E-state index in [0.29, 0.717) is 29.6 Å². The normalized spacial score (nSPS) is 11.6. The number of anilines is 1. The van der Waals surface area contributed by atoms with E-state index in [4.69, 9.17) is 9.84 Å². The lowest BCUT2D eigenvalue weighted by Crippen LogP contribution is -2.17. The number of halogens is 3. The number of hydrogen-bond acceptors (Lipinski definition) is 5. The molecule has 148 valence electrons. The number of hydrogen-bond donors (Lipinski definition) is 2. The van der Waals surface area contributed by atoms with Crippen LogP contribution in [0.1, 0.15) is 22.6 Å². The molecule has 0 aliphatic rings. The summed E-state index contributed by atoms with van der Waals surface area (Å²) >= 11 is 0. The summed E-state index contributed by atoms with van der Waals surface area (Å²) in [7, 11) is 1.40. The molecule has 10 heteroatoms. The highest BCUT2D eigenvalue weighted by Crippen LogP contribution is 2.31. The molecule has 28 heavy (non-hydrogen) atoms. The largest absolute Gasteiger partial charge is 0.494 e. The van der Waals surface area contributed by atoms with Crippen LogP contribution in [0, 0.1) is 0 Å². The van der Waals surface area contributed by atoms with Crippen LogP contribution in [-0.2, 0) is 12.7 Å². The summed E-state index contributed by atoms with van der Waals surface area (Å²) in [6.07, 6.45) is -2.37. The molecule has 0 unspecified atom stereocenters. The van der Waals surface area contributed by atoms with Crippen molar-refractivity contribution in [3.8, 4) is 5.75 Å². The quantitative estimate of drug-likeness (QED) is 0.671. The number of carbonyl (C=O) groups excluding carboxylic acids is 1. The van der Waals surface area contributed by atoms with Gasteiger partial charge in [-0.05, 0) is 24.6 Å². The molecule has 2 aromatic heterocycles. The van der Waals surface area contributed by atoms with Gasteiger partial charge in [0.05, 0.1) is 18.3 Å². The number of aliphatic hydroxyl groups is 1. The number of nitrogens with zero attached hydrogens (tertiary/aromatic N) is 3. The van der Waals surface area contributed by atoms with E-state index >= 15 is 0 Å². The molecule has 0 aliphatic heterocycles. The summed E-state index contributed by atoms with van der Waals surface area (Å²) < 4.78 is 45.3. The van der Waals surface area contributed by atoms with Crippen LogP contribution in [0.5, 0.6) is 5.75 Å². The molecular formula is C18H17F3N4O3. The molecule has 1 amide bonds. The first-order chi connectivity index (χ1) is 13.3. The summed E-state index contributed by atoms with van der Waals surface area (Å²) in [6, 6.07) is 6.34. The average molecular weight is 394 g/mol. The Morgan fingerprint density at radius 2 is 2.11 bits per heavy atom. The Hall–Kier alpha value is -3.14. The van der Waals surface area contributed by atoms with Crippen molar-refractivity contribution in [2.24, 2.45) is 0 Å². The van der Waals surface area contributed by atoms with Gasteiger partial charge in [-0.2, -0.15) is 18.3 Å². The van der Waals surface area contributed by atoms with Gasteiger partial charge in [-0.25, -0.2) is 4.98 Å². The number of aromatic nitrogens is 3. The monoisotopic (exact) mass is 394 g/mol. The number of rotatable bonds is 6. The maximum absolute atomic E-state index is 12.8. The lowest BCUT2D eigenvalue weighted by Gasteiger charge is -2.11. The summed E-state index contributed by atoms with van der Waals surface area (Å²) in [4.78, 5) is 15.8. The Balaban J connectivity index is 1.89. The molecular weight excluding hydrogens is 377 g/mol. The highest BCUT2D eigenvalue weighted by molar-refractivity contribution is 6.05. The summed E-state index contributed by atoms with van der Waals surface area (Å²) in [5.41, 5.74) is -0.616. The van der Waals surface area contributed by atoms with Crippen molar-refractivity contribution in [1.82, 2.24) is 14.8 Å². The van der Waals surface area contributed by atoms with E-state index < -0.39 is 17.8 Å². The van der Waals surface area contributed by atoms with Crippen LogP contribution in [0.4, 0.5) is 18.9 Å². The summed E-state index contributed by atoms with van der Waals surface area (Å²) in [6.45, 7) is 0.550. The molecule has 0 bridgehead atoms. The van der Waals surface area contributed by atoms with Crippen molar-refractivity contribution in [3.05, 3.63) is 47.9 Å². The van der Waals surface area contributed by atoms with Crippen molar-refractivity contribution in [1.29, 1.82) is 0 Å². The molecule has 0 spiro atoms. The van der Waals surface area contributed by atoms with E-state index in [9.17, 15) is 18.0 Å². The maximum Gasteiger partial charge on any atom is 0.433 e. The number of methoxy groups -OCH3 is 1. The lowest BCUT2D eigenvalue weighted by atomic mass is 10.2. The fraction of sp³-hybridized carbons (Fsp3) is 0.278. The number of aryl methyl sites for hydroxylation is 1. The molecule has 0 saturated heterocycles. The zero-order valence-corrected chi connectivity index (χ0v) is 14.8. The predicted octanol–water partition coefficient (Wildman–Crippen LogP) is 3.09. The van der Waals surface area contributed by atoms with E-state index in [1.54, 1.807) is 23.0 Å². The van der Waals surface area contributed by atoms with Gasteiger partial charge in [0.15, 0.2) is 0 Å². The van der Waals surface area contributed by atoms with E-state index in [0.717, 1.165) is 12.1 Å². The van der Waals surface area contributed by atoms with Gasteiger partial charge in [0.25, 0.3) is 5.91 Å². The number of benzene rings is 1. The number of aliphatic hydroxyl groups excluding tert-OH is 1. The Bertz CT molecular complexity index is 1000. The molecule has 3 rings (SSSR count). The number of alkyl halides is 3. The second-order valence-electron chi connectivity index (χ2n) is 5.94. The molecule has 0 saturated carbocycles. The first-order valence-electron chi connectivity index (χ1n) is 8.33. The average Bonchev–Trinajstić information content (AvgIpc) is 3.06. The van der Waals surface area contributed by atoms with Crippen LogP contribution in [0.25, 0.3) is 10.9 Å². The molecule has 0 atom stereocenters. The van der Waals surface area contributed by atoms with Gasteiger partial charge >= 0.3 is 6.18 Å². The minimum Gasteiger partial charge on any atom is -0.494 e. The van der Waals surface area contributed by atoms with E-state index in [1.807, 2.05) is 0 Å². The second kappa shape index (κ2) is 7.85. The lowest BCUT2D eigenvalue weighted by molar-refractivity contribution is -0.141. The Morgan fingerprint density at radius 3 is 2.79 bits per heavy atom. The SMILES string of the molecule is COc1cc2nn(CCCO)cc2cc1NC(=O)c1cccc(C(F)(F)F)n1.